The van der Waals surface area contributed by atoms with Crippen LogP contribution in [-0.2, 0) is 0 Å². The van der Waals surface area contributed by atoms with E-state index in [-0.39, 0.29) is 17.6 Å². The van der Waals surface area contributed by atoms with E-state index < -0.39 is 0 Å². The third kappa shape index (κ3) is 4.21. The van der Waals surface area contributed by atoms with E-state index in [4.69, 9.17) is 4.52 Å². The van der Waals surface area contributed by atoms with Crippen LogP contribution >= 0.6 is 0 Å². The number of halogens is 1. The molecular weight excluding hydrogens is 369 g/mol. The Morgan fingerprint density at radius 3 is 2.55 bits per heavy atom. The monoisotopic (exact) mass is 393 g/mol. The number of carbonyl (C=O) groups excluding carboxylic acids is 1. The maximum atomic E-state index is 13.1. The second kappa shape index (κ2) is 8.15. The SMILES string of the molecule is CC(C)c1ccc(-c2noc(C3CCCN(C(=O)c4ccc(F)cc4)C3)n2)cc1. The predicted octanol–water partition coefficient (Wildman–Crippen LogP) is 5.02. The molecule has 1 aliphatic heterocycles. The van der Waals surface area contributed by atoms with Crippen molar-refractivity contribution in [3.63, 3.8) is 0 Å². The van der Waals surface area contributed by atoms with Crippen LogP contribution in [0, 0.1) is 5.82 Å². The van der Waals surface area contributed by atoms with E-state index in [1.165, 1.54) is 29.8 Å². The summed E-state index contributed by atoms with van der Waals surface area (Å²) in [4.78, 5) is 19.1. The number of piperidine rings is 1. The summed E-state index contributed by atoms with van der Waals surface area (Å²) in [6, 6.07) is 13.8. The molecular formula is C23H24FN3O2. The van der Waals surface area contributed by atoms with Crippen molar-refractivity contribution in [3.8, 4) is 11.4 Å². The summed E-state index contributed by atoms with van der Waals surface area (Å²) in [6.45, 7) is 5.50. The number of benzene rings is 2. The van der Waals surface area contributed by atoms with Crippen molar-refractivity contribution in [1.29, 1.82) is 0 Å². The molecule has 150 valence electrons. The summed E-state index contributed by atoms with van der Waals surface area (Å²) in [7, 11) is 0. The molecule has 0 N–H and O–H groups in total. The lowest BCUT2D eigenvalue weighted by atomic mass is 9.97. The first-order valence-electron chi connectivity index (χ1n) is 10.00. The summed E-state index contributed by atoms with van der Waals surface area (Å²) in [5.74, 6) is 1.15. The van der Waals surface area contributed by atoms with Crippen molar-refractivity contribution in [1.82, 2.24) is 15.0 Å². The normalized spacial score (nSPS) is 17.0. The first kappa shape index (κ1) is 19.3. The van der Waals surface area contributed by atoms with Gasteiger partial charge in [0, 0.05) is 24.2 Å². The molecule has 0 saturated carbocycles. The summed E-state index contributed by atoms with van der Waals surface area (Å²) >= 11 is 0. The van der Waals surface area contributed by atoms with Gasteiger partial charge in [-0.2, -0.15) is 4.98 Å². The van der Waals surface area contributed by atoms with E-state index in [0.717, 1.165) is 18.4 Å². The van der Waals surface area contributed by atoms with Crippen LogP contribution in [0.3, 0.4) is 0 Å². The van der Waals surface area contributed by atoms with Gasteiger partial charge in [-0.05, 0) is 48.6 Å². The molecule has 1 aliphatic rings. The molecule has 0 aliphatic carbocycles. The Bertz CT molecular complexity index is 980. The van der Waals surface area contributed by atoms with Crippen LogP contribution in [0.1, 0.15) is 60.3 Å². The first-order valence-corrected chi connectivity index (χ1v) is 10.00. The number of hydrogen-bond donors (Lipinski definition) is 0. The number of aromatic nitrogens is 2. The molecule has 0 spiro atoms. The largest absolute Gasteiger partial charge is 0.339 e. The second-order valence-electron chi connectivity index (χ2n) is 7.83. The number of carbonyl (C=O) groups is 1. The fraction of sp³-hybridized carbons (Fsp3) is 0.348. The maximum Gasteiger partial charge on any atom is 0.253 e. The molecule has 0 radical (unpaired) electrons. The van der Waals surface area contributed by atoms with Gasteiger partial charge < -0.3 is 9.42 Å². The Kier molecular flexibility index (Phi) is 5.43. The molecule has 29 heavy (non-hydrogen) atoms. The molecule has 6 heteroatoms. The molecule has 1 unspecified atom stereocenters. The van der Waals surface area contributed by atoms with Crippen LogP contribution in [-0.4, -0.2) is 34.0 Å². The quantitative estimate of drug-likeness (QED) is 0.625. The topological polar surface area (TPSA) is 59.2 Å². The van der Waals surface area contributed by atoms with Gasteiger partial charge >= 0.3 is 0 Å². The molecule has 3 aromatic rings. The van der Waals surface area contributed by atoms with Crippen LogP contribution < -0.4 is 0 Å². The third-order valence-electron chi connectivity index (χ3n) is 5.43. The molecule has 2 aromatic carbocycles. The van der Waals surface area contributed by atoms with E-state index in [0.29, 0.717) is 36.3 Å². The summed E-state index contributed by atoms with van der Waals surface area (Å²) in [5.41, 5.74) is 2.67. The minimum absolute atomic E-state index is 0.00401. The maximum absolute atomic E-state index is 13.1. The number of rotatable bonds is 4. The third-order valence-corrected chi connectivity index (χ3v) is 5.43. The lowest BCUT2D eigenvalue weighted by Crippen LogP contribution is -2.39. The highest BCUT2D eigenvalue weighted by Crippen LogP contribution is 2.29. The zero-order valence-electron chi connectivity index (χ0n) is 16.6. The van der Waals surface area contributed by atoms with E-state index in [1.807, 2.05) is 12.1 Å². The Morgan fingerprint density at radius 1 is 1.14 bits per heavy atom. The van der Waals surface area contributed by atoms with Crippen LogP contribution in [0.4, 0.5) is 4.39 Å². The highest BCUT2D eigenvalue weighted by molar-refractivity contribution is 5.94. The van der Waals surface area contributed by atoms with E-state index in [2.05, 4.69) is 36.1 Å². The van der Waals surface area contributed by atoms with Crippen molar-refractivity contribution in [2.75, 3.05) is 13.1 Å². The minimum atomic E-state index is -0.349. The van der Waals surface area contributed by atoms with Gasteiger partial charge in [-0.3, -0.25) is 4.79 Å². The molecule has 4 rings (SSSR count). The van der Waals surface area contributed by atoms with E-state index in [9.17, 15) is 9.18 Å². The minimum Gasteiger partial charge on any atom is -0.339 e. The Labute approximate surface area is 169 Å². The number of hydrogen-bond acceptors (Lipinski definition) is 4. The Morgan fingerprint density at radius 2 is 1.86 bits per heavy atom. The number of amides is 1. The molecule has 1 amide bonds. The predicted molar refractivity (Wildman–Crippen MR) is 108 cm³/mol. The molecule has 2 heterocycles. The van der Waals surface area contributed by atoms with Crippen molar-refractivity contribution < 1.29 is 13.7 Å². The van der Waals surface area contributed by atoms with Crippen LogP contribution in [0.15, 0.2) is 53.1 Å². The Hall–Kier alpha value is -3.02. The van der Waals surface area contributed by atoms with Crippen molar-refractivity contribution in [2.45, 2.75) is 38.5 Å². The van der Waals surface area contributed by atoms with Crippen molar-refractivity contribution >= 4 is 5.91 Å². The number of nitrogens with zero attached hydrogens (tertiary/aromatic N) is 3. The van der Waals surface area contributed by atoms with Gasteiger partial charge in [0.1, 0.15) is 5.82 Å². The average Bonchev–Trinajstić information content (AvgIpc) is 3.24. The fourth-order valence-electron chi connectivity index (χ4n) is 3.67. The van der Waals surface area contributed by atoms with Gasteiger partial charge in [0.2, 0.25) is 11.7 Å². The van der Waals surface area contributed by atoms with Gasteiger partial charge in [-0.25, -0.2) is 4.39 Å². The van der Waals surface area contributed by atoms with Gasteiger partial charge in [-0.1, -0.05) is 43.3 Å². The Balaban J connectivity index is 1.47. The zero-order valence-corrected chi connectivity index (χ0v) is 16.6. The number of likely N-dealkylation sites (tertiary alicyclic amines) is 1. The summed E-state index contributed by atoms with van der Waals surface area (Å²) < 4.78 is 18.7. The van der Waals surface area contributed by atoms with E-state index >= 15 is 0 Å². The first-order chi connectivity index (χ1) is 14.0. The molecule has 1 aromatic heterocycles. The average molecular weight is 393 g/mol. The summed E-state index contributed by atoms with van der Waals surface area (Å²) in [6.07, 6.45) is 1.75. The van der Waals surface area contributed by atoms with E-state index in [1.54, 1.807) is 4.90 Å². The van der Waals surface area contributed by atoms with Gasteiger partial charge in [0.15, 0.2) is 0 Å². The van der Waals surface area contributed by atoms with Crippen LogP contribution in [0.5, 0.6) is 0 Å². The molecule has 1 saturated heterocycles. The second-order valence-corrected chi connectivity index (χ2v) is 7.83. The lowest BCUT2D eigenvalue weighted by molar-refractivity contribution is 0.0695. The van der Waals surface area contributed by atoms with Gasteiger partial charge in [0.25, 0.3) is 5.91 Å². The van der Waals surface area contributed by atoms with Crippen LogP contribution in [0.2, 0.25) is 0 Å². The molecule has 1 fully saturated rings. The fourth-order valence-corrected chi connectivity index (χ4v) is 3.67. The van der Waals surface area contributed by atoms with Crippen molar-refractivity contribution in [2.24, 2.45) is 0 Å². The molecule has 1 atom stereocenters. The standard InChI is InChI=1S/C23H24FN3O2/c1-15(2)16-5-7-17(8-6-16)21-25-22(29-26-21)19-4-3-13-27(14-19)23(28)18-9-11-20(24)12-10-18/h5-12,15,19H,3-4,13-14H2,1-2H3. The van der Waals surface area contributed by atoms with Crippen molar-refractivity contribution in [3.05, 3.63) is 71.4 Å². The highest BCUT2D eigenvalue weighted by atomic mass is 19.1. The molecule has 0 bridgehead atoms. The van der Waals surface area contributed by atoms with Crippen LogP contribution in [0.25, 0.3) is 11.4 Å². The van der Waals surface area contributed by atoms with Gasteiger partial charge in [-0.15, -0.1) is 0 Å². The smallest absolute Gasteiger partial charge is 0.253 e. The lowest BCUT2D eigenvalue weighted by Gasteiger charge is -2.31. The zero-order chi connectivity index (χ0) is 20.4. The molecule has 5 nitrogen and oxygen atoms in total. The highest BCUT2D eigenvalue weighted by Gasteiger charge is 2.29. The summed E-state index contributed by atoms with van der Waals surface area (Å²) in [5, 5.41) is 4.14. The van der Waals surface area contributed by atoms with Gasteiger partial charge in [0.05, 0.1) is 5.92 Å².